The second-order valence-electron chi connectivity index (χ2n) is 2.62. The van der Waals surface area contributed by atoms with E-state index >= 15 is 0 Å². The first-order valence-electron chi connectivity index (χ1n) is 3.73. The molecule has 0 bridgehead atoms. The van der Waals surface area contributed by atoms with Crippen LogP contribution in [0.4, 0.5) is 10.1 Å². The number of nitro groups is 1. The monoisotopic (exact) mass is 193 g/mol. The Bertz CT molecular complexity index is 515. The lowest BCUT2D eigenvalue weighted by atomic mass is 10.3. The topological polar surface area (TPSA) is 68.9 Å². The van der Waals surface area contributed by atoms with Crippen molar-refractivity contribution in [2.45, 2.75) is 0 Å². The second-order valence-corrected chi connectivity index (χ2v) is 2.62. The van der Waals surface area contributed by atoms with Crippen molar-refractivity contribution < 1.29 is 9.31 Å². The Kier molecular flexibility index (Phi) is 1.81. The van der Waals surface area contributed by atoms with E-state index in [1.807, 2.05) is 0 Å². The summed E-state index contributed by atoms with van der Waals surface area (Å²) in [6.45, 7) is 0. The van der Waals surface area contributed by atoms with Crippen LogP contribution in [0, 0.1) is 16.1 Å². The normalized spacial score (nSPS) is 10.4. The highest BCUT2D eigenvalue weighted by Gasteiger charge is 2.07. The van der Waals surface area contributed by atoms with Crippen LogP contribution in [-0.2, 0) is 0 Å². The summed E-state index contributed by atoms with van der Waals surface area (Å²) < 4.78 is 12.6. The van der Waals surface area contributed by atoms with Gasteiger partial charge in [-0.05, 0) is 6.07 Å². The van der Waals surface area contributed by atoms with Crippen LogP contribution in [0.15, 0.2) is 24.4 Å². The number of nitrogens with zero attached hydrogens (tertiary/aromatic N) is 3. The van der Waals surface area contributed by atoms with E-state index in [1.54, 1.807) is 0 Å². The molecule has 0 saturated heterocycles. The van der Waals surface area contributed by atoms with Crippen LogP contribution >= 0.6 is 0 Å². The summed E-state index contributed by atoms with van der Waals surface area (Å²) in [5, 5.41) is 10.4. The lowest BCUT2D eigenvalue weighted by Crippen LogP contribution is -1.91. The Morgan fingerprint density at radius 1 is 1.36 bits per heavy atom. The van der Waals surface area contributed by atoms with Crippen molar-refractivity contribution in [1.82, 2.24) is 9.97 Å². The van der Waals surface area contributed by atoms with Gasteiger partial charge in [0.05, 0.1) is 22.2 Å². The number of hydrogen-bond acceptors (Lipinski definition) is 4. The fourth-order valence-electron chi connectivity index (χ4n) is 1.09. The van der Waals surface area contributed by atoms with Crippen LogP contribution in [0.25, 0.3) is 11.0 Å². The van der Waals surface area contributed by atoms with E-state index < -0.39 is 10.9 Å². The van der Waals surface area contributed by atoms with Gasteiger partial charge in [-0.2, -0.15) is 4.39 Å². The lowest BCUT2D eigenvalue weighted by Gasteiger charge is -1.95. The minimum absolute atomic E-state index is 0.127. The van der Waals surface area contributed by atoms with Gasteiger partial charge in [0.15, 0.2) is 0 Å². The van der Waals surface area contributed by atoms with Gasteiger partial charge in [0.1, 0.15) is 0 Å². The smallest absolute Gasteiger partial charge is 0.258 e. The van der Waals surface area contributed by atoms with Crippen LogP contribution in [-0.4, -0.2) is 14.9 Å². The summed E-state index contributed by atoms with van der Waals surface area (Å²) in [4.78, 5) is 17.0. The quantitative estimate of drug-likeness (QED) is 0.510. The van der Waals surface area contributed by atoms with Crippen LogP contribution in [0.3, 0.4) is 0 Å². The molecule has 0 unspecified atom stereocenters. The minimum atomic E-state index is -0.752. The van der Waals surface area contributed by atoms with Crippen LogP contribution in [0.1, 0.15) is 0 Å². The van der Waals surface area contributed by atoms with Crippen molar-refractivity contribution >= 4 is 16.7 Å². The predicted octanol–water partition coefficient (Wildman–Crippen LogP) is 1.68. The molecule has 1 aromatic heterocycles. The van der Waals surface area contributed by atoms with E-state index in [-0.39, 0.29) is 11.2 Å². The van der Waals surface area contributed by atoms with E-state index in [1.165, 1.54) is 18.2 Å². The van der Waals surface area contributed by atoms with Gasteiger partial charge in [0, 0.05) is 12.1 Å². The zero-order valence-corrected chi connectivity index (χ0v) is 6.85. The lowest BCUT2D eigenvalue weighted by molar-refractivity contribution is -0.384. The molecule has 70 valence electrons. The van der Waals surface area contributed by atoms with Crippen LogP contribution in [0.5, 0.6) is 0 Å². The Labute approximate surface area is 77.4 Å². The zero-order valence-electron chi connectivity index (χ0n) is 6.85. The fourth-order valence-corrected chi connectivity index (χ4v) is 1.09. The highest BCUT2D eigenvalue weighted by Crippen LogP contribution is 2.17. The molecule has 5 nitrogen and oxygen atoms in total. The first-order valence-corrected chi connectivity index (χ1v) is 3.73. The molecule has 0 radical (unpaired) electrons. The Hall–Kier alpha value is -2.11. The number of aromatic nitrogens is 2. The molecule has 1 aromatic carbocycles. The number of benzene rings is 1. The van der Waals surface area contributed by atoms with Crippen molar-refractivity contribution in [1.29, 1.82) is 0 Å². The molecule has 2 rings (SSSR count). The highest BCUT2D eigenvalue weighted by atomic mass is 19.1. The number of non-ortho nitro benzene ring substituents is 1. The SMILES string of the molecule is O=[N+]([O-])c1ccc2ncc(F)nc2c1. The van der Waals surface area contributed by atoms with Crippen molar-refractivity contribution in [3.63, 3.8) is 0 Å². The average molecular weight is 193 g/mol. The second kappa shape index (κ2) is 2.99. The predicted molar refractivity (Wildman–Crippen MR) is 46.2 cm³/mol. The first-order chi connectivity index (χ1) is 6.66. The van der Waals surface area contributed by atoms with Gasteiger partial charge in [-0.25, -0.2) is 9.97 Å². The Balaban J connectivity index is 2.69. The molecular weight excluding hydrogens is 189 g/mol. The summed E-state index contributed by atoms with van der Waals surface area (Å²) in [6.07, 6.45) is 0.966. The van der Waals surface area contributed by atoms with E-state index in [0.717, 1.165) is 6.20 Å². The van der Waals surface area contributed by atoms with Gasteiger partial charge in [-0.15, -0.1) is 0 Å². The third-order valence-corrected chi connectivity index (χ3v) is 1.71. The van der Waals surface area contributed by atoms with Crippen molar-refractivity contribution in [2.75, 3.05) is 0 Å². The molecule has 0 spiro atoms. The molecule has 0 N–H and O–H groups in total. The van der Waals surface area contributed by atoms with Crippen LogP contribution in [0.2, 0.25) is 0 Å². The number of fused-ring (bicyclic) bond motifs is 1. The standard InChI is InChI=1S/C8H4FN3O2/c9-8-4-10-6-2-1-5(12(13)14)3-7(6)11-8/h1-4H. The first kappa shape index (κ1) is 8.49. The molecule has 0 aliphatic heterocycles. The highest BCUT2D eigenvalue weighted by molar-refractivity contribution is 5.76. The number of rotatable bonds is 1. The Morgan fingerprint density at radius 2 is 2.14 bits per heavy atom. The molecule has 2 aromatic rings. The summed E-state index contributed by atoms with van der Waals surface area (Å²) in [6, 6.07) is 3.92. The number of nitro benzene ring substituents is 1. The molecule has 0 atom stereocenters. The maximum absolute atomic E-state index is 12.6. The van der Waals surface area contributed by atoms with E-state index in [2.05, 4.69) is 9.97 Å². The third-order valence-electron chi connectivity index (χ3n) is 1.71. The van der Waals surface area contributed by atoms with Gasteiger partial charge >= 0.3 is 0 Å². The van der Waals surface area contributed by atoms with Gasteiger partial charge in [-0.3, -0.25) is 10.1 Å². The van der Waals surface area contributed by atoms with Crippen molar-refractivity contribution in [2.24, 2.45) is 0 Å². The van der Waals surface area contributed by atoms with Crippen LogP contribution < -0.4 is 0 Å². The van der Waals surface area contributed by atoms with Gasteiger partial charge < -0.3 is 0 Å². The summed E-state index contributed by atoms with van der Waals surface area (Å²) in [5.41, 5.74) is 0.480. The largest absolute Gasteiger partial charge is 0.271 e. The maximum atomic E-state index is 12.6. The molecule has 0 saturated carbocycles. The maximum Gasteiger partial charge on any atom is 0.271 e. The minimum Gasteiger partial charge on any atom is -0.258 e. The van der Waals surface area contributed by atoms with E-state index in [0.29, 0.717) is 5.52 Å². The van der Waals surface area contributed by atoms with Gasteiger partial charge in [0.2, 0.25) is 5.95 Å². The van der Waals surface area contributed by atoms with Gasteiger partial charge in [0.25, 0.3) is 5.69 Å². The van der Waals surface area contributed by atoms with E-state index in [4.69, 9.17) is 0 Å². The number of halogens is 1. The third kappa shape index (κ3) is 1.37. The zero-order chi connectivity index (χ0) is 10.1. The Morgan fingerprint density at radius 3 is 2.86 bits per heavy atom. The molecule has 0 fully saturated rings. The van der Waals surface area contributed by atoms with Crippen molar-refractivity contribution in [3.8, 4) is 0 Å². The summed E-state index contributed by atoms with van der Waals surface area (Å²) >= 11 is 0. The van der Waals surface area contributed by atoms with Crippen molar-refractivity contribution in [3.05, 3.63) is 40.5 Å². The summed E-state index contributed by atoms with van der Waals surface area (Å²) in [7, 11) is 0. The molecule has 0 amide bonds. The summed E-state index contributed by atoms with van der Waals surface area (Å²) in [5.74, 6) is -0.752. The molecular formula is C8H4FN3O2. The average Bonchev–Trinajstić information content (AvgIpc) is 2.16. The van der Waals surface area contributed by atoms with E-state index in [9.17, 15) is 14.5 Å². The van der Waals surface area contributed by atoms with Gasteiger partial charge in [-0.1, -0.05) is 0 Å². The molecule has 6 heteroatoms. The molecule has 0 aliphatic carbocycles. The number of hydrogen-bond donors (Lipinski definition) is 0. The molecule has 1 heterocycles. The molecule has 14 heavy (non-hydrogen) atoms. The molecule has 0 aliphatic rings. The fraction of sp³-hybridized carbons (Fsp3) is 0.